The molecule has 2 fully saturated rings. The molecule has 0 heterocycles. The van der Waals surface area contributed by atoms with Crippen LogP contribution in [0.2, 0.25) is 0 Å². The second-order valence-electron chi connectivity index (χ2n) is 6.38. The van der Waals surface area contributed by atoms with Gasteiger partial charge < -0.3 is 10.6 Å². The van der Waals surface area contributed by atoms with Crippen molar-refractivity contribution in [3.8, 4) is 0 Å². The first-order valence-electron chi connectivity index (χ1n) is 8.31. The highest BCUT2D eigenvalue weighted by atomic mass is 16.2. The maximum Gasteiger partial charge on any atom is 0.223 e. The number of hydrogen-bond donors (Lipinski definition) is 1. The Kier molecular flexibility index (Phi) is 6.15. The summed E-state index contributed by atoms with van der Waals surface area (Å²) in [6.45, 7) is 1.58. The average molecular weight is 266 g/mol. The van der Waals surface area contributed by atoms with Gasteiger partial charge in [-0.15, -0.1) is 0 Å². The van der Waals surface area contributed by atoms with E-state index >= 15 is 0 Å². The Hall–Kier alpha value is -0.570. The third kappa shape index (κ3) is 4.48. The molecule has 3 heteroatoms. The fraction of sp³-hybridized carbons (Fsp3) is 0.938. The fourth-order valence-electron chi connectivity index (χ4n) is 3.40. The Balaban J connectivity index is 1.82. The Morgan fingerprint density at radius 1 is 1.00 bits per heavy atom. The zero-order chi connectivity index (χ0) is 13.5. The monoisotopic (exact) mass is 266 g/mol. The van der Waals surface area contributed by atoms with Crippen molar-refractivity contribution in [2.45, 2.75) is 76.7 Å². The summed E-state index contributed by atoms with van der Waals surface area (Å²) >= 11 is 0. The van der Waals surface area contributed by atoms with Gasteiger partial charge in [-0.25, -0.2) is 0 Å². The van der Waals surface area contributed by atoms with E-state index in [1.165, 1.54) is 57.8 Å². The molecule has 0 atom stereocenters. The van der Waals surface area contributed by atoms with Crippen LogP contribution in [0.1, 0.15) is 70.6 Å². The van der Waals surface area contributed by atoms with Crippen LogP contribution in [0.25, 0.3) is 0 Å². The highest BCUT2D eigenvalue weighted by Crippen LogP contribution is 2.29. The number of hydrogen-bond acceptors (Lipinski definition) is 2. The SMILES string of the molecule is NCCCN(C(=O)CC1CCCCCC1)C1CCC1. The molecule has 0 radical (unpaired) electrons. The van der Waals surface area contributed by atoms with Crippen molar-refractivity contribution >= 4 is 5.91 Å². The van der Waals surface area contributed by atoms with E-state index in [-0.39, 0.29) is 0 Å². The molecule has 0 aromatic rings. The molecule has 0 unspecified atom stereocenters. The van der Waals surface area contributed by atoms with Gasteiger partial charge in [0.05, 0.1) is 0 Å². The minimum atomic E-state index is 0.407. The van der Waals surface area contributed by atoms with Gasteiger partial charge in [-0.2, -0.15) is 0 Å². The average Bonchev–Trinajstić information content (AvgIpc) is 2.60. The first-order chi connectivity index (χ1) is 9.31. The molecule has 0 bridgehead atoms. The topological polar surface area (TPSA) is 46.3 Å². The van der Waals surface area contributed by atoms with Gasteiger partial charge in [0.1, 0.15) is 0 Å². The van der Waals surface area contributed by atoms with Crippen molar-refractivity contribution in [1.82, 2.24) is 4.90 Å². The molecule has 19 heavy (non-hydrogen) atoms. The molecule has 3 nitrogen and oxygen atoms in total. The first-order valence-corrected chi connectivity index (χ1v) is 8.31. The predicted molar refractivity (Wildman–Crippen MR) is 78.8 cm³/mol. The molecule has 2 rings (SSSR count). The van der Waals surface area contributed by atoms with E-state index in [1.54, 1.807) is 0 Å². The summed E-state index contributed by atoms with van der Waals surface area (Å²) in [6.07, 6.45) is 13.4. The second kappa shape index (κ2) is 7.88. The van der Waals surface area contributed by atoms with Gasteiger partial charge in [-0.3, -0.25) is 4.79 Å². The molecule has 2 aliphatic rings. The second-order valence-corrected chi connectivity index (χ2v) is 6.38. The number of carbonyl (C=O) groups excluding carboxylic acids is 1. The lowest BCUT2D eigenvalue weighted by Crippen LogP contribution is -2.45. The molecule has 2 saturated carbocycles. The maximum absolute atomic E-state index is 12.5. The third-order valence-corrected chi connectivity index (χ3v) is 4.88. The van der Waals surface area contributed by atoms with E-state index in [2.05, 4.69) is 4.90 Å². The first kappa shape index (κ1) is 14.8. The summed E-state index contributed by atoms with van der Waals surface area (Å²) < 4.78 is 0. The van der Waals surface area contributed by atoms with Crippen molar-refractivity contribution in [3.05, 3.63) is 0 Å². The van der Waals surface area contributed by atoms with Gasteiger partial charge in [-0.05, 0) is 51.0 Å². The summed E-state index contributed by atoms with van der Waals surface area (Å²) in [6, 6.07) is 0.532. The minimum absolute atomic E-state index is 0.407. The molecule has 1 amide bonds. The van der Waals surface area contributed by atoms with Crippen molar-refractivity contribution in [1.29, 1.82) is 0 Å². The van der Waals surface area contributed by atoms with Crippen LogP contribution in [0.3, 0.4) is 0 Å². The van der Waals surface area contributed by atoms with Crippen LogP contribution in [0.15, 0.2) is 0 Å². The van der Waals surface area contributed by atoms with Crippen LogP contribution in [0, 0.1) is 5.92 Å². The molecule has 0 aliphatic heterocycles. The zero-order valence-electron chi connectivity index (χ0n) is 12.3. The lowest BCUT2D eigenvalue weighted by atomic mass is 9.89. The number of nitrogens with zero attached hydrogens (tertiary/aromatic N) is 1. The minimum Gasteiger partial charge on any atom is -0.340 e. The summed E-state index contributed by atoms with van der Waals surface area (Å²) in [7, 11) is 0. The Morgan fingerprint density at radius 3 is 2.21 bits per heavy atom. The highest BCUT2D eigenvalue weighted by molar-refractivity contribution is 5.77. The predicted octanol–water partition coefficient (Wildman–Crippen LogP) is 3.08. The molecule has 2 N–H and O–H groups in total. The summed E-state index contributed by atoms with van der Waals surface area (Å²) in [5.74, 6) is 1.06. The summed E-state index contributed by atoms with van der Waals surface area (Å²) in [5, 5.41) is 0. The molecule has 0 aromatic heterocycles. The highest BCUT2D eigenvalue weighted by Gasteiger charge is 2.29. The largest absolute Gasteiger partial charge is 0.340 e. The van der Waals surface area contributed by atoms with Gasteiger partial charge >= 0.3 is 0 Å². The van der Waals surface area contributed by atoms with E-state index < -0.39 is 0 Å². The van der Waals surface area contributed by atoms with Crippen LogP contribution in [0.4, 0.5) is 0 Å². The van der Waals surface area contributed by atoms with Crippen LogP contribution in [-0.4, -0.2) is 29.9 Å². The molecule has 110 valence electrons. The van der Waals surface area contributed by atoms with Crippen LogP contribution in [0.5, 0.6) is 0 Å². The maximum atomic E-state index is 12.5. The molecular weight excluding hydrogens is 236 g/mol. The van der Waals surface area contributed by atoms with Crippen molar-refractivity contribution in [2.24, 2.45) is 11.7 Å². The van der Waals surface area contributed by atoms with E-state index in [0.717, 1.165) is 19.4 Å². The van der Waals surface area contributed by atoms with Crippen LogP contribution < -0.4 is 5.73 Å². The van der Waals surface area contributed by atoms with Crippen molar-refractivity contribution in [3.63, 3.8) is 0 Å². The van der Waals surface area contributed by atoms with E-state index in [4.69, 9.17) is 5.73 Å². The van der Waals surface area contributed by atoms with Gasteiger partial charge in [0, 0.05) is 19.0 Å². The molecular formula is C16H30N2O. The van der Waals surface area contributed by atoms with Crippen LogP contribution >= 0.6 is 0 Å². The smallest absolute Gasteiger partial charge is 0.223 e. The number of nitrogens with two attached hydrogens (primary N) is 1. The van der Waals surface area contributed by atoms with Crippen molar-refractivity contribution in [2.75, 3.05) is 13.1 Å². The molecule has 0 aromatic carbocycles. The van der Waals surface area contributed by atoms with Gasteiger partial charge in [-0.1, -0.05) is 25.7 Å². The molecule has 0 spiro atoms. The zero-order valence-corrected chi connectivity index (χ0v) is 12.3. The third-order valence-electron chi connectivity index (χ3n) is 4.88. The lowest BCUT2D eigenvalue weighted by Gasteiger charge is -2.38. The molecule has 0 saturated heterocycles. The van der Waals surface area contributed by atoms with Gasteiger partial charge in [0.25, 0.3) is 0 Å². The number of carbonyl (C=O) groups is 1. The number of rotatable bonds is 6. The van der Waals surface area contributed by atoms with E-state index in [9.17, 15) is 4.79 Å². The van der Waals surface area contributed by atoms with Crippen LogP contribution in [-0.2, 0) is 4.79 Å². The Morgan fingerprint density at radius 2 is 1.68 bits per heavy atom. The Labute approximate surface area is 117 Å². The normalized spacial score (nSPS) is 21.7. The van der Waals surface area contributed by atoms with Gasteiger partial charge in [0.15, 0.2) is 0 Å². The summed E-state index contributed by atoms with van der Waals surface area (Å²) in [5.41, 5.74) is 5.60. The Bertz CT molecular complexity index is 268. The summed E-state index contributed by atoms with van der Waals surface area (Å²) in [4.78, 5) is 14.7. The standard InChI is InChI=1S/C16H30N2O/c17-11-6-12-18(15-9-5-10-15)16(19)13-14-7-3-1-2-4-8-14/h14-15H,1-13,17H2. The number of amides is 1. The van der Waals surface area contributed by atoms with Crippen molar-refractivity contribution < 1.29 is 4.79 Å². The fourth-order valence-corrected chi connectivity index (χ4v) is 3.40. The van der Waals surface area contributed by atoms with E-state index in [1.807, 2.05) is 0 Å². The molecule has 2 aliphatic carbocycles. The van der Waals surface area contributed by atoms with Gasteiger partial charge in [0.2, 0.25) is 5.91 Å². The lowest BCUT2D eigenvalue weighted by molar-refractivity contribution is -0.136. The quantitative estimate of drug-likeness (QED) is 0.751. The van der Waals surface area contributed by atoms with E-state index in [0.29, 0.717) is 24.4 Å².